The van der Waals surface area contributed by atoms with Crippen molar-refractivity contribution in [2.24, 2.45) is 5.92 Å². The molecular formula is C31H34N4O4. The Morgan fingerprint density at radius 2 is 1.90 bits per heavy atom. The van der Waals surface area contributed by atoms with E-state index in [-0.39, 0.29) is 29.9 Å². The summed E-state index contributed by atoms with van der Waals surface area (Å²) < 4.78 is 7.25. The van der Waals surface area contributed by atoms with Crippen LogP contribution < -0.4 is 4.90 Å². The van der Waals surface area contributed by atoms with Gasteiger partial charge in [-0.2, -0.15) is 0 Å². The fraction of sp³-hybridized carbons (Fsp3) is 0.419. The topological polar surface area (TPSA) is 97.5 Å². The van der Waals surface area contributed by atoms with Crippen molar-refractivity contribution in [3.63, 3.8) is 0 Å². The molecule has 2 aromatic heterocycles. The number of anilines is 1. The first-order valence-corrected chi connectivity index (χ1v) is 13.8. The number of ketones is 1. The number of nitrogens with zero attached hydrogens (tertiary/aromatic N) is 4. The highest BCUT2D eigenvalue weighted by atomic mass is 16.5. The first-order valence-electron chi connectivity index (χ1n) is 13.8. The Balaban J connectivity index is 1.53. The third-order valence-electron chi connectivity index (χ3n) is 8.62. The lowest BCUT2D eigenvalue weighted by atomic mass is 9.83. The van der Waals surface area contributed by atoms with E-state index >= 15 is 0 Å². The lowest BCUT2D eigenvalue weighted by molar-refractivity contribution is -0.122. The highest BCUT2D eigenvalue weighted by molar-refractivity contribution is 5.95. The molecule has 0 bridgehead atoms. The van der Waals surface area contributed by atoms with E-state index in [0.29, 0.717) is 17.9 Å². The molecule has 1 aliphatic carbocycles. The van der Waals surface area contributed by atoms with Gasteiger partial charge >= 0.3 is 6.09 Å². The summed E-state index contributed by atoms with van der Waals surface area (Å²) >= 11 is 0. The molecule has 4 aromatic rings. The molecule has 1 saturated carbocycles. The fourth-order valence-corrected chi connectivity index (χ4v) is 6.52. The highest BCUT2D eigenvalue weighted by Gasteiger charge is 2.35. The van der Waals surface area contributed by atoms with E-state index in [2.05, 4.69) is 9.55 Å². The second kappa shape index (κ2) is 10.1. The van der Waals surface area contributed by atoms with Crippen LogP contribution in [0.15, 0.2) is 48.7 Å². The SMILES string of the molecule is COC(=O)N1c2ccc3c(nc([C@@H](O)c4cc5ccccc5cn4)n3[C@@H]3CCC[C@@H](C(C)=O)C3)c2CC[C@@H]1C. The minimum Gasteiger partial charge on any atom is -0.452 e. The number of aromatic nitrogens is 3. The number of hydrogen-bond donors (Lipinski definition) is 1. The standard InChI is InChI=1S/C31H34N4O4/c1-18-11-12-24-26(34(18)31(38)39-3)13-14-27-28(24)33-30(35(27)23-10-6-9-20(15-23)19(2)36)29(37)25-16-21-7-4-5-8-22(21)17-32-25/h4-5,7-8,13-14,16-18,20,23,29,37H,6,9-12,15H2,1-3H3/t18-,20+,23+,29-/m0/s1. The number of aliphatic hydroxyl groups is 1. The van der Waals surface area contributed by atoms with E-state index in [1.807, 2.05) is 49.4 Å². The smallest absolute Gasteiger partial charge is 0.414 e. The number of rotatable bonds is 4. The maximum Gasteiger partial charge on any atom is 0.414 e. The molecule has 1 aliphatic heterocycles. The molecule has 39 heavy (non-hydrogen) atoms. The molecule has 4 atom stereocenters. The predicted molar refractivity (Wildman–Crippen MR) is 150 cm³/mol. The molecule has 8 heteroatoms. The number of imidazole rings is 1. The number of amides is 1. The first-order chi connectivity index (χ1) is 18.9. The van der Waals surface area contributed by atoms with E-state index in [0.717, 1.165) is 65.2 Å². The van der Waals surface area contributed by atoms with Gasteiger partial charge in [-0.05, 0) is 69.5 Å². The average molecular weight is 527 g/mol. The summed E-state index contributed by atoms with van der Waals surface area (Å²) in [5.74, 6) is 0.736. The van der Waals surface area contributed by atoms with Crippen LogP contribution in [0.1, 0.15) is 75.2 Å². The van der Waals surface area contributed by atoms with Crippen molar-refractivity contribution < 1.29 is 19.4 Å². The summed E-state index contributed by atoms with van der Waals surface area (Å²) in [4.78, 5) is 36.4. The van der Waals surface area contributed by atoms with Crippen LogP contribution in [0, 0.1) is 5.92 Å². The molecule has 0 spiro atoms. The van der Waals surface area contributed by atoms with Gasteiger partial charge in [0.05, 0.1) is 29.5 Å². The van der Waals surface area contributed by atoms with Crippen LogP contribution in [0.2, 0.25) is 0 Å². The molecule has 0 radical (unpaired) electrons. The number of methoxy groups -OCH3 is 1. The van der Waals surface area contributed by atoms with Crippen molar-refractivity contribution >= 4 is 39.4 Å². The zero-order chi connectivity index (χ0) is 27.3. The van der Waals surface area contributed by atoms with Crippen molar-refractivity contribution in [2.75, 3.05) is 12.0 Å². The lowest BCUT2D eigenvalue weighted by Crippen LogP contribution is -2.42. The third kappa shape index (κ3) is 4.36. The van der Waals surface area contributed by atoms with E-state index in [4.69, 9.17) is 9.72 Å². The number of fused-ring (bicyclic) bond motifs is 4. The minimum atomic E-state index is -1.05. The molecule has 1 N–H and O–H groups in total. The van der Waals surface area contributed by atoms with E-state index in [1.165, 1.54) is 7.11 Å². The number of benzene rings is 2. The van der Waals surface area contributed by atoms with Crippen molar-refractivity contribution in [3.05, 3.63) is 65.7 Å². The van der Waals surface area contributed by atoms with Crippen LogP contribution in [0.25, 0.3) is 21.8 Å². The first kappa shape index (κ1) is 25.5. The zero-order valence-electron chi connectivity index (χ0n) is 22.6. The molecule has 8 nitrogen and oxygen atoms in total. The number of carbonyl (C=O) groups is 2. The van der Waals surface area contributed by atoms with Gasteiger partial charge in [-0.3, -0.25) is 14.7 Å². The van der Waals surface area contributed by atoms with Gasteiger partial charge < -0.3 is 14.4 Å². The molecule has 3 heterocycles. The Labute approximate surface area is 227 Å². The molecule has 2 aromatic carbocycles. The van der Waals surface area contributed by atoms with Crippen LogP contribution in [-0.2, 0) is 16.0 Å². The predicted octanol–water partition coefficient (Wildman–Crippen LogP) is 5.89. The van der Waals surface area contributed by atoms with Crippen LogP contribution in [0.3, 0.4) is 0 Å². The number of hydrogen-bond acceptors (Lipinski definition) is 6. The van der Waals surface area contributed by atoms with Crippen LogP contribution >= 0.6 is 0 Å². The van der Waals surface area contributed by atoms with Crippen molar-refractivity contribution in [2.45, 2.75) is 70.6 Å². The van der Waals surface area contributed by atoms with Crippen LogP contribution in [0.5, 0.6) is 0 Å². The van der Waals surface area contributed by atoms with Gasteiger partial charge in [0.25, 0.3) is 0 Å². The molecule has 2 aliphatic rings. The van der Waals surface area contributed by atoms with Gasteiger partial charge in [-0.1, -0.05) is 30.7 Å². The Morgan fingerprint density at radius 1 is 1.10 bits per heavy atom. The van der Waals surface area contributed by atoms with E-state index in [1.54, 1.807) is 18.0 Å². The van der Waals surface area contributed by atoms with Crippen LogP contribution in [0.4, 0.5) is 10.5 Å². The summed E-state index contributed by atoms with van der Waals surface area (Å²) in [7, 11) is 1.40. The second-order valence-corrected chi connectivity index (χ2v) is 11.0. The Bertz CT molecular complexity index is 1580. The second-order valence-electron chi connectivity index (χ2n) is 11.0. The summed E-state index contributed by atoms with van der Waals surface area (Å²) in [5, 5.41) is 13.8. The zero-order valence-corrected chi connectivity index (χ0v) is 22.6. The molecular weight excluding hydrogens is 492 g/mol. The molecule has 0 saturated heterocycles. The molecule has 6 rings (SSSR count). The summed E-state index contributed by atoms with van der Waals surface area (Å²) in [6, 6.07) is 13.9. The van der Waals surface area contributed by atoms with Crippen molar-refractivity contribution in [1.29, 1.82) is 0 Å². The summed E-state index contributed by atoms with van der Waals surface area (Å²) in [6.45, 7) is 3.69. The number of aliphatic hydroxyl groups excluding tert-OH is 1. The Morgan fingerprint density at radius 3 is 2.67 bits per heavy atom. The van der Waals surface area contributed by atoms with Gasteiger partial charge in [0.15, 0.2) is 6.10 Å². The molecule has 202 valence electrons. The van der Waals surface area contributed by atoms with Crippen molar-refractivity contribution in [1.82, 2.24) is 14.5 Å². The maximum absolute atomic E-state index is 12.7. The molecule has 1 amide bonds. The number of aryl methyl sites for hydroxylation is 1. The molecule has 1 fully saturated rings. The summed E-state index contributed by atoms with van der Waals surface area (Å²) in [6.07, 6.45) is 5.35. The number of Topliss-reactive ketones (excluding diaryl/α,β-unsaturated/α-hetero) is 1. The average Bonchev–Trinajstić information content (AvgIpc) is 3.36. The third-order valence-corrected chi connectivity index (χ3v) is 8.62. The van der Waals surface area contributed by atoms with Gasteiger partial charge in [0.2, 0.25) is 0 Å². The maximum atomic E-state index is 12.7. The van der Waals surface area contributed by atoms with E-state index < -0.39 is 6.10 Å². The quantitative estimate of drug-likeness (QED) is 0.356. The summed E-state index contributed by atoms with van der Waals surface area (Å²) in [5.41, 5.74) is 4.01. The normalized spacial score (nSPS) is 22.1. The van der Waals surface area contributed by atoms with Gasteiger partial charge in [-0.15, -0.1) is 0 Å². The van der Waals surface area contributed by atoms with E-state index in [9.17, 15) is 14.7 Å². The largest absolute Gasteiger partial charge is 0.452 e. The van der Waals surface area contributed by atoms with Gasteiger partial charge in [0, 0.05) is 35.1 Å². The molecule has 0 unspecified atom stereocenters. The Kier molecular flexibility index (Phi) is 6.59. The number of carbonyl (C=O) groups excluding carboxylic acids is 2. The fourth-order valence-electron chi connectivity index (χ4n) is 6.52. The number of ether oxygens (including phenoxy) is 1. The van der Waals surface area contributed by atoms with Gasteiger partial charge in [-0.25, -0.2) is 9.78 Å². The van der Waals surface area contributed by atoms with Crippen LogP contribution in [-0.4, -0.2) is 44.7 Å². The van der Waals surface area contributed by atoms with Crippen molar-refractivity contribution in [3.8, 4) is 0 Å². The highest BCUT2D eigenvalue weighted by Crippen LogP contribution is 2.42. The Hall–Kier alpha value is -3.78. The minimum absolute atomic E-state index is 0.00159. The lowest BCUT2D eigenvalue weighted by Gasteiger charge is -2.34. The van der Waals surface area contributed by atoms with Gasteiger partial charge in [0.1, 0.15) is 11.6 Å². The number of pyridine rings is 1. The monoisotopic (exact) mass is 526 g/mol.